The van der Waals surface area contributed by atoms with E-state index in [0.29, 0.717) is 0 Å². The Kier molecular flexibility index (Phi) is 4.54. The summed E-state index contributed by atoms with van der Waals surface area (Å²) < 4.78 is 0. The maximum atomic E-state index is 4.54. The third-order valence-electron chi connectivity index (χ3n) is 4.95. The first kappa shape index (κ1) is 17.6. The second-order valence-corrected chi connectivity index (χ2v) is 7.85. The number of aryl methyl sites for hydroxylation is 1. The van der Waals surface area contributed by atoms with Gasteiger partial charge in [-0.2, -0.15) is 0 Å². The highest BCUT2D eigenvalue weighted by molar-refractivity contribution is 7.17. The highest BCUT2D eigenvalue weighted by Crippen LogP contribution is 2.38. The van der Waals surface area contributed by atoms with Crippen LogP contribution in [-0.4, -0.2) is 9.97 Å². The Morgan fingerprint density at radius 3 is 2.31 bits per heavy atom. The molecule has 3 aromatic carbocycles. The number of hydrogen-bond acceptors (Lipinski definition) is 4. The van der Waals surface area contributed by atoms with Crippen LogP contribution in [0.15, 0.2) is 90.6 Å². The van der Waals surface area contributed by atoms with Crippen LogP contribution < -0.4 is 5.32 Å². The predicted molar refractivity (Wildman–Crippen MR) is 123 cm³/mol. The van der Waals surface area contributed by atoms with Crippen molar-refractivity contribution in [2.75, 3.05) is 5.32 Å². The van der Waals surface area contributed by atoms with Gasteiger partial charge in [-0.1, -0.05) is 66.7 Å². The molecule has 5 aromatic rings. The van der Waals surface area contributed by atoms with Crippen LogP contribution in [0.4, 0.5) is 11.5 Å². The first-order chi connectivity index (χ1) is 14.3. The van der Waals surface area contributed by atoms with Crippen LogP contribution in [0, 0.1) is 6.92 Å². The molecule has 0 fully saturated rings. The Labute approximate surface area is 173 Å². The number of fused-ring (bicyclic) bond motifs is 1. The minimum atomic E-state index is 0.837. The Balaban J connectivity index is 1.55. The molecule has 0 aliphatic carbocycles. The molecule has 29 heavy (non-hydrogen) atoms. The van der Waals surface area contributed by atoms with E-state index in [1.807, 2.05) is 12.1 Å². The molecule has 0 spiro atoms. The lowest BCUT2D eigenvalue weighted by molar-refractivity contribution is 1.23. The highest BCUT2D eigenvalue weighted by Gasteiger charge is 2.13. The molecular weight excluding hydrogens is 374 g/mol. The van der Waals surface area contributed by atoms with Gasteiger partial charge in [0, 0.05) is 16.6 Å². The zero-order chi connectivity index (χ0) is 19.6. The standard InChI is InChI=1S/C25H19N3S/c1-17-6-5-9-21(14-17)28-24-23-22(15-29-25(23)27-16-26-24)20-12-10-19(11-13-20)18-7-3-2-4-8-18/h2-16H,1H3,(H,26,27,28). The summed E-state index contributed by atoms with van der Waals surface area (Å²) in [6, 6.07) is 27.4. The van der Waals surface area contributed by atoms with Crippen molar-refractivity contribution >= 4 is 33.1 Å². The molecule has 0 amide bonds. The van der Waals surface area contributed by atoms with E-state index < -0.39 is 0 Å². The van der Waals surface area contributed by atoms with Crippen LogP contribution in [0.1, 0.15) is 5.56 Å². The Morgan fingerprint density at radius 1 is 0.759 bits per heavy atom. The third kappa shape index (κ3) is 3.50. The van der Waals surface area contributed by atoms with E-state index in [9.17, 15) is 0 Å². The van der Waals surface area contributed by atoms with E-state index in [0.717, 1.165) is 32.8 Å². The van der Waals surface area contributed by atoms with E-state index in [4.69, 9.17) is 0 Å². The molecule has 5 rings (SSSR count). The summed E-state index contributed by atoms with van der Waals surface area (Å²) >= 11 is 1.65. The fourth-order valence-corrected chi connectivity index (χ4v) is 4.43. The third-order valence-corrected chi connectivity index (χ3v) is 5.84. The summed E-state index contributed by atoms with van der Waals surface area (Å²) in [5, 5.41) is 6.70. The molecule has 2 heterocycles. The van der Waals surface area contributed by atoms with Gasteiger partial charge < -0.3 is 5.32 Å². The van der Waals surface area contributed by atoms with Crippen molar-refractivity contribution < 1.29 is 0 Å². The largest absolute Gasteiger partial charge is 0.340 e. The van der Waals surface area contributed by atoms with Gasteiger partial charge in [0.25, 0.3) is 0 Å². The second kappa shape index (κ2) is 7.49. The number of nitrogens with one attached hydrogen (secondary N) is 1. The zero-order valence-corrected chi connectivity index (χ0v) is 16.8. The van der Waals surface area contributed by atoms with Crippen molar-refractivity contribution in [3.63, 3.8) is 0 Å². The molecule has 0 unspecified atom stereocenters. The molecule has 0 atom stereocenters. The summed E-state index contributed by atoms with van der Waals surface area (Å²) in [4.78, 5) is 10.0. The minimum Gasteiger partial charge on any atom is -0.340 e. The average molecular weight is 394 g/mol. The average Bonchev–Trinajstić information content (AvgIpc) is 3.20. The van der Waals surface area contributed by atoms with Crippen molar-refractivity contribution in [3.05, 3.63) is 96.1 Å². The number of anilines is 2. The molecule has 0 saturated heterocycles. The number of aromatic nitrogens is 2. The monoisotopic (exact) mass is 393 g/mol. The van der Waals surface area contributed by atoms with Gasteiger partial charge in [0.2, 0.25) is 0 Å². The molecule has 140 valence electrons. The number of thiophene rings is 1. The summed E-state index contributed by atoms with van der Waals surface area (Å²) in [7, 11) is 0. The Morgan fingerprint density at radius 2 is 1.52 bits per heavy atom. The molecule has 0 aliphatic rings. The van der Waals surface area contributed by atoms with E-state index in [1.165, 1.54) is 16.7 Å². The van der Waals surface area contributed by atoms with Crippen molar-refractivity contribution in [2.24, 2.45) is 0 Å². The fourth-order valence-electron chi connectivity index (χ4n) is 3.51. The van der Waals surface area contributed by atoms with Gasteiger partial charge in [0.05, 0.1) is 5.39 Å². The molecule has 0 saturated carbocycles. The molecule has 0 bridgehead atoms. The molecule has 3 nitrogen and oxygen atoms in total. The first-order valence-electron chi connectivity index (χ1n) is 9.50. The van der Waals surface area contributed by atoms with Crippen molar-refractivity contribution in [3.8, 4) is 22.3 Å². The van der Waals surface area contributed by atoms with Crippen molar-refractivity contribution in [2.45, 2.75) is 6.92 Å². The van der Waals surface area contributed by atoms with E-state index in [2.05, 4.69) is 94.3 Å². The first-order valence-corrected chi connectivity index (χ1v) is 10.4. The van der Waals surface area contributed by atoms with Crippen LogP contribution in [0.2, 0.25) is 0 Å². The fraction of sp³-hybridized carbons (Fsp3) is 0.0400. The van der Waals surface area contributed by atoms with Crippen LogP contribution in [-0.2, 0) is 0 Å². The van der Waals surface area contributed by atoms with Crippen LogP contribution >= 0.6 is 11.3 Å². The van der Waals surface area contributed by atoms with Gasteiger partial charge >= 0.3 is 0 Å². The van der Waals surface area contributed by atoms with Crippen LogP contribution in [0.25, 0.3) is 32.5 Å². The van der Waals surface area contributed by atoms with Gasteiger partial charge in [-0.3, -0.25) is 0 Å². The van der Waals surface area contributed by atoms with Crippen LogP contribution in [0.5, 0.6) is 0 Å². The van der Waals surface area contributed by atoms with E-state index in [1.54, 1.807) is 17.7 Å². The maximum absolute atomic E-state index is 4.54. The van der Waals surface area contributed by atoms with Gasteiger partial charge in [0.15, 0.2) is 0 Å². The number of hydrogen-bond donors (Lipinski definition) is 1. The van der Waals surface area contributed by atoms with Crippen molar-refractivity contribution in [1.82, 2.24) is 9.97 Å². The SMILES string of the molecule is Cc1cccc(Nc2ncnc3scc(-c4ccc(-c5ccccc5)cc4)c23)c1. The Hall–Kier alpha value is -3.50. The molecule has 0 aliphatic heterocycles. The second-order valence-electron chi connectivity index (χ2n) is 6.99. The smallest absolute Gasteiger partial charge is 0.143 e. The van der Waals surface area contributed by atoms with Gasteiger partial charge in [-0.05, 0) is 41.3 Å². The zero-order valence-electron chi connectivity index (χ0n) is 16.0. The molecule has 4 heteroatoms. The van der Waals surface area contributed by atoms with Crippen LogP contribution in [0.3, 0.4) is 0 Å². The Bertz CT molecular complexity index is 1270. The minimum absolute atomic E-state index is 0.837. The van der Waals surface area contributed by atoms with E-state index >= 15 is 0 Å². The van der Waals surface area contributed by atoms with Crippen molar-refractivity contribution in [1.29, 1.82) is 0 Å². The van der Waals surface area contributed by atoms with Gasteiger partial charge in [0.1, 0.15) is 17.0 Å². The summed E-state index contributed by atoms with van der Waals surface area (Å²) in [6.45, 7) is 2.09. The lowest BCUT2D eigenvalue weighted by atomic mass is 10.0. The van der Waals surface area contributed by atoms with Gasteiger partial charge in [-0.25, -0.2) is 9.97 Å². The molecule has 2 aromatic heterocycles. The lowest BCUT2D eigenvalue weighted by Crippen LogP contribution is -1.95. The quantitative estimate of drug-likeness (QED) is 0.354. The highest BCUT2D eigenvalue weighted by atomic mass is 32.1. The number of nitrogens with zero attached hydrogens (tertiary/aromatic N) is 2. The number of benzene rings is 3. The molecular formula is C25H19N3S. The lowest BCUT2D eigenvalue weighted by Gasteiger charge is -2.09. The normalized spacial score (nSPS) is 10.9. The molecule has 0 radical (unpaired) electrons. The van der Waals surface area contributed by atoms with Gasteiger partial charge in [-0.15, -0.1) is 11.3 Å². The maximum Gasteiger partial charge on any atom is 0.143 e. The summed E-state index contributed by atoms with van der Waals surface area (Å²) in [5.74, 6) is 0.837. The topological polar surface area (TPSA) is 37.8 Å². The number of rotatable bonds is 4. The predicted octanol–water partition coefficient (Wildman–Crippen LogP) is 7.08. The van der Waals surface area contributed by atoms with E-state index in [-0.39, 0.29) is 0 Å². The summed E-state index contributed by atoms with van der Waals surface area (Å²) in [6.07, 6.45) is 1.62. The summed E-state index contributed by atoms with van der Waals surface area (Å²) in [5.41, 5.74) is 6.99. The molecule has 1 N–H and O–H groups in total.